The maximum atomic E-state index is 11.1. The molecule has 0 aromatic carbocycles. The molecule has 1 aliphatic heterocycles. The van der Waals surface area contributed by atoms with Crippen molar-refractivity contribution >= 4 is 6.09 Å². The minimum Gasteiger partial charge on any atom is -0.465 e. The molecule has 0 aromatic rings. The Bertz CT molecular complexity index is 334. The van der Waals surface area contributed by atoms with Crippen LogP contribution in [0.15, 0.2) is 0 Å². The van der Waals surface area contributed by atoms with E-state index in [4.69, 9.17) is 21.0 Å². The van der Waals surface area contributed by atoms with Crippen LogP contribution in [0.25, 0.3) is 0 Å². The third kappa shape index (κ3) is 2.90. The number of likely N-dealkylation sites (N-methyl/N-ethyl adjacent to an activating group) is 1. The molecular weight excluding hydrogens is 222 g/mol. The second-order valence-corrected chi connectivity index (χ2v) is 4.49. The van der Waals surface area contributed by atoms with Gasteiger partial charge in [0.25, 0.3) is 0 Å². The summed E-state index contributed by atoms with van der Waals surface area (Å²) in [6.07, 6.45) is 3.50. The highest BCUT2D eigenvalue weighted by Gasteiger charge is 2.44. The molecule has 0 aliphatic carbocycles. The molecule has 1 saturated heterocycles. The van der Waals surface area contributed by atoms with Gasteiger partial charge < -0.3 is 14.6 Å². The first kappa shape index (κ1) is 13.8. The molecule has 1 N–H and O–H groups in total. The summed E-state index contributed by atoms with van der Waals surface area (Å²) in [5.41, 5.74) is 0. The first-order valence-corrected chi connectivity index (χ1v) is 5.63. The van der Waals surface area contributed by atoms with Crippen molar-refractivity contribution in [2.45, 2.75) is 51.7 Å². The molecule has 5 heteroatoms. The van der Waals surface area contributed by atoms with Crippen LogP contribution in [-0.2, 0) is 9.47 Å². The lowest BCUT2D eigenvalue weighted by atomic mass is 10.0. The van der Waals surface area contributed by atoms with Gasteiger partial charge in [-0.3, -0.25) is 4.90 Å². The second-order valence-electron chi connectivity index (χ2n) is 4.49. The third-order valence-electron chi connectivity index (χ3n) is 2.78. The monoisotopic (exact) mass is 241 g/mol. The average Bonchev–Trinajstić information content (AvgIpc) is 2.20. The standard InChI is InChI=1S/C12H19NO4/c1-6-9-10(13(7-2)11(14)15)8(3)16-12(4,5)17-9/h1,8-10H,7H2,2-5H3,(H,14,15)/t8-,9-,10+/m1/s1. The van der Waals surface area contributed by atoms with Gasteiger partial charge in [-0.1, -0.05) is 5.92 Å². The van der Waals surface area contributed by atoms with Gasteiger partial charge >= 0.3 is 6.09 Å². The first-order chi connectivity index (χ1) is 7.82. The molecular formula is C12H19NO4. The van der Waals surface area contributed by atoms with Crippen molar-refractivity contribution < 1.29 is 19.4 Å². The maximum absolute atomic E-state index is 11.1. The van der Waals surface area contributed by atoms with Crippen molar-refractivity contribution in [3.8, 4) is 12.3 Å². The number of carbonyl (C=O) groups is 1. The van der Waals surface area contributed by atoms with Crippen molar-refractivity contribution in [1.82, 2.24) is 4.90 Å². The van der Waals surface area contributed by atoms with E-state index in [1.54, 1.807) is 20.8 Å². The van der Waals surface area contributed by atoms with Gasteiger partial charge in [-0.05, 0) is 27.7 Å². The number of carboxylic acid groups (broad SMARTS) is 1. The van der Waals surface area contributed by atoms with Crippen LogP contribution in [-0.4, -0.2) is 46.7 Å². The Kier molecular flexibility index (Phi) is 4.02. The van der Waals surface area contributed by atoms with Crippen molar-refractivity contribution in [2.75, 3.05) is 6.54 Å². The molecule has 0 bridgehead atoms. The molecule has 0 saturated carbocycles. The lowest BCUT2D eigenvalue weighted by Crippen LogP contribution is -2.60. The van der Waals surface area contributed by atoms with E-state index in [2.05, 4.69) is 5.92 Å². The molecule has 96 valence electrons. The molecule has 0 spiro atoms. The highest BCUT2D eigenvalue weighted by molar-refractivity contribution is 5.65. The van der Waals surface area contributed by atoms with Gasteiger partial charge in [0.2, 0.25) is 0 Å². The predicted molar refractivity (Wildman–Crippen MR) is 62.5 cm³/mol. The number of rotatable bonds is 2. The van der Waals surface area contributed by atoms with E-state index in [0.717, 1.165) is 0 Å². The number of ether oxygens (including phenoxy) is 2. The molecule has 17 heavy (non-hydrogen) atoms. The van der Waals surface area contributed by atoms with Crippen LogP contribution in [0.2, 0.25) is 0 Å². The fraction of sp³-hybridized carbons (Fsp3) is 0.750. The van der Waals surface area contributed by atoms with E-state index in [1.807, 2.05) is 6.92 Å². The second kappa shape index (κ2) is 4.94. The predicted octanol–water partition coefficient (Wildman–Crippen LogP) is 1.53. The maximum Gasteiger partial charge on any atom is 0.407 e. The largest absolute Gasteiger partial charge is 0.465 e. The van der Waals surface area contributed by atoms with Gasteiger partial charge in [0.15, 0.2) is 5.79 Å². The Morgan fingerprint density at radius 1 is 1.53 bits per heavy atom. The molecule has 0 aromatic heterocycles. The van der Waals surface area contributed by atoms with Crippen molar-refractivity contribution in [1.29, 1.82) is 0 Å². The zero-order valence-corrected chi connectivity index (χ0v) is 10.6. The van der Waals surface area contributed by atoms with Crippen LogP contribution in [0.1, 0.15) is 27.7 Å². The SMILES string of the molecule is C#C[C@H]1OC(C)(C)O[C@H](C)[C@@H]1N(CC)C(=O)O. The summed E-state index contributed by atoms with van der Waals surface area (Å²) in [7, 11) is 0. The lowest BCUT2D eigenvalue weighted by Gasteiger charge is -2.46. The molecule has 1 fully saturated rings. The smallest absolute Gasteiger partial charge is 0.407 e. The molecule has 1 amide bonds. The Labute approximate surface area is 102 Å². The first-order valence-electron chi connectivity index (χ1n) is 5.63. The highest BCUT2D eigenvalue weighted by atomic mass is 16.7. The molecule has 1 heterocycles. The van der Waals surface area contributed by atoms with Gasteiger partial charge in [-0.25, -0.2) is 4.79 Å². The van der Waals surface area contributed by atoms with E-state index in [1.165, 1.54) is 4.90 Å². The Balaban J connectivity index is 2.97. The van der Waals surface area contributed by atoms with E-state index < -0.39 is 24.0 Å². The van der Waals surface area contributed by atoms with Crippen LogP contribution < -0.4 is 0 Å². The quantitative estimate of drug-likeness (QED) is 0.745. The van der Waals surface area contributed by atoms with Gasteiger partial charge in [-0.15, -0.1) is 6.42 Å². The molecule has 1 rings (SSSR count). The van der Waals surface area contributed by atoms with Gasteiger partial charge in [0.05, 0.1) is 12.1 Å². The van der Waals surface area contributed by atoms with Crippen molar-refractivity contribution in [3.63, 3.8) is 0 Å². The number of amides is 1. The Morgan fingerprint density at radius 2 is 2.12 bits per heavy atom. The van der Waals surface area contributed by atoms with Crippen LogP contribution >= 0.6 is 0 Å². The summed E-state index contributed by atoms with van der Waals surface area (Å²) in [4.78, 5) is 12.4. The average molecular weight is 241 g/mol. The van der Waals surface area contributed by atoms with Crippen LogP contribution in [0.3, 0.4) is 0 Å². The third-order valence-corrected chi connectivity index (χ3v) is 2.78. The minimum absolute atomic E-state index is 0.309. The van der Waals surface area contributed by atoms with Gasteiger partial charge in [0.1, 0.15) is 6.10 Å². The highest BCUT2D eigenvalue weighted by Crippen LogP contribution is 2.29. The number of hydrogen-bond acceptors (Lipinski definition) is 3. The van der Waals surface area contributed by atoms with Gasteiger partial charge in [-0.2, -0.15) is 0 Å². The van der Waals surface area contributed by atoms with Crippen molar-refractivity contribution in [3.05, 3.63) is 0 Å². The van der Waals surface area contributed by atoms with Crippen LogP contribution in [0.4, 0.5) is 4.79 Å². The summed E-state index contributed by atoms with van der Waals surface area (Å²) < 4.78 is 11.2. The number of terminal acetylenes is 1. The normalized spacial score (nSPS) is 31.6. The Morgan fingerprint density at radius 3 is 2.53 bits per heavy atom. The summed E-state index contributed by atoms with van der Waals surface area (Å²) in [5, 5.41) is 9.13. The van der Waals surface area contributed by atoms with E-state index in [9.17, 15) is 4.79 Å². The molecule has 5 nitrogen and oxygen atoms in total. The topological polar surface area (TPSA) is 59.0 Å². The number of hydrogen-bond donors (Lipinski definition) is 1. The van der Waals surface area contributed by atoms with Crippen molar-refractivity contribution in [2.24, 2.45) is 0 Å². The fourth-order valence-electron chi connectivity index (χ4n) is 2.19. The fourth-order valence-corrected chi connectivity index (χ4v) is 2.19. The number of nitrogens with zero attached hydrogens (tertiary/aromatic N) is 1. The summed E-state index contributed by atoms with van der Waals surface area (Å²) in [5.74, 6) is 1.72. The van der Waals surface area contributed by atoms with Crippen LogP contribution in [0.5, 0.6) is 0 Å². The Hall–Kier alpha value is -1.25. The molecule has 3 atom stereocenters. The zero-order chi connectivity index (χ0) is 13.2. The summed E-state index contributed by atoms with van der Waals surface area (Å²) >= 11 is 0. The minimum atomic E-state index is -1.02. The molecule has 0 radical (unpaired) electrons. The van der Waals surface area contributed by atoms with E-state index in [-0.39, 0.29) is 6.10 Å². The van der Waals surface area contributed by atoms with Crippen LogP contribution in [0, 0.1) is 12.3 Å². The zero-order valence-electron chi connectivity index (χ0n) is 10.6. The molecule has 1 aliphatic rings. The van der Waals surface area contributed by atoms with Gasteiger partial charge in [0, 0.05) is 6.54 Å². The molecule has 0 unspecified atom stereocenters. The summed E-state index contributed by atoms with van der Waals surface area (Å²) in [6, 6.07) is -0.476. The van der Waals surface area contributed by atoms with E-state index >= 15 is 0 Å². The lowest BCUT2D eigenvalue weighted by molar-refractivity contribution is -0.303. The summed E-state index contributed by atoms with van der Waals surface area (Å²) in [6.45, 7) is 7.44. The van der Waals surface area contributed by atoms with E-state index in [0.29, 0.717) is 6.54 Å².